The van der Waals surface area contributed by atoms with E-state index in [4.69, 9.17) is 0 Å². The molecule has 2 aromatic carbocycles. The second-order valence-electron chi connectivity index (χ2n) is 8.59. The molecule has 2 aliphatic heterocycles. The molecule has 0 saturated carbocycles. The first-order chi connectivity index (χ1) is 15.1. The highest BCUT2D eigenvalue weighted by molar-refractivity contribution is 5.95. The van der Waals surface area contributed by atoms with Gasteiger partial charge < -0.3 is 9.80 Å². The summed E-state index contributed by atoms with van der Waals surface area (Å²) < 4.78 is 14.7. The van der Waals surface area contributed by atoms with Crippen molar-refractivity contribution in [3.8, 4) is 0 Å². The second kappa shape index (κ2) is 8.27. The van der Waals surface area contributed by atoms with Crippen molar-refractivity contribution in [1.29, 1.82) is 0 Å². The van der Waals surface area contributed by atoms with Crippen molar-refractivity contribution < 1.29 is 9.18 Å². The number of carbonyl (C=O) groups excluding carboxylic acids is 1. The van der Waals surface area contributed by atoms with Crippen LogP contribution >= 0.6 is 0 Å². The van der Waals surface area contributed by atoms with E-state index in [0.29, 0.717) is 32.3 Å². The van der Waals surface area contributed by atoms with Gasteiger partial charge in [-0.1, -0.05) is 36.4 Å². The average Bonchev–Trinajstić information content (AvgIpc) is 2.75. The number of carbonyl (C=O) groups is 1. The Kier molecular flexibility index (Phi) is 5.32. The topological polar surface area (TPSA) is 39.2 Å². The molecule has 0 bridgehead atoms. The van der Waals surface area contributed by atoms with Gasteiger partial charge >= 0.3 is 0 Å². The number of para-hydroxylation sites is 1. The molecule has 0 spiro atoms. The number of nitrogens with zero attached hydrogens (tertiary/aromatic N) is 4. The zero-order valence-corrected chi connectivity index (χ0v) is 17.7. The molecular weight excluding hydrogens is 391 g/mol. The molecule has 0 radical (unpaired) electrons. The minimum absolute atomic E-state index is 0.162. The second-order valence-corrected chi connectivity index (χ2v) is 8.59. The lowest BCUT2D eigenvalue weighted by atomic mass is 9.98. The Bertz CT molecular complexity index is 1050. The van der Waals surface area contributed by atoms with Crippen LogP contribution in [0.1, 0.15) is 34.8 Å². The Morgan fingerprint density at radius 3 is 2.81 bits per heavy atom. The van der Waals surface area contributed by atoms with Gasteiger partial charge in [0.15, 0.2) is 0 Å². The highest BCUT2D eigenvalue weighted by Crippen LogP contribution is 2.26. The molecule has 1 aliphatic carbocycles. The van der Waals surface area contributed by atoms with Gasteiger partial charge in [0.25, 0.3) is 5.91 Å². The summed E-state index contributed by atoms with van der Waals surface area (Å²) in [5.41, 5.74) is 3.24. The summed E-state index contributed by atoms with van der Waals surface area (Å²) in [6.45, 7) is 5.35. The number of piperazine rings is 1. The van der Waals surface area contributed by atoms with Gasteiger partial charge in [0.2, 0.25) is 0 Å². The maximum absolute atomic E-state index is 14.7. The van der Waals surface area contributed by atoms with Gasteiger partial charge in [-0.3, -0.25) is 14.7 Å². The fraction of sp³-hybridized carbons (Fsp3) is 0.360. The van der Waals surface area contributed by atoms with Crippen LogP contribution in [-0.4, -0.2) is 60.3 Å². The quantitative estimate of drug-likeness (QED) is 0.711. The molecule has 1 unspecified atom stereocenters. The minimum Gasteiger partial charge on any atom is -0.347 e. The summed E-state index contributed by atoms with van der Waals surface area (Å²) in [4.78, 5) is 24.0. The van der Waals surface area contributed by atoms with E-state index >= 15 is 0 Å². The molecule has 5 rings (SSSR count). The van der Waals surface area contributed by atoms with E-state index in [-0.39, 0.29) is 17.5 Å². The number of rotatable bonds is 4. The fourth-order valence-electron chi connectivity index (χ4n) is 4.71. The van der Waals surface area contributed by atoms with Crippen molar-refractivity contribution in [2.24, 2.45) is 4.99 Å². The van der Waals surface area contributed by atoms with Crippen LogP contribution in [0, 0.1) is 5.82 Å². The molecule has 160 valence electrons. The monoisotopic (exact) mass is 418 g/mol. The molecule has 1 amide bonds. The highest BCUT2D eigenvalue weighted by Gasteiger charge is 2.32. The van der Waals surface area contributed by atoms with Crippen molar-refractivity contribution in [3.63, 3.8) is 0 Å². The summed E-state index contributed by atoms with van der Waals surface area (Å²) in [5.74, 6) is -0.671. The van der Waals surface area contributed by atoms with Gasteiger partial charge in [-0.15, -0.1) is 0 Å². The van der Waals surface area contributed by atoms with Gasteiger partial charge in [-0.2, -0.15) is 0 Å². The smallest absolute Gasteiger partial charge is 0.256 e. The van der Waals surface area contributed by atoms with Crippen molar-refractivity contribution in [2.45, 2.75) is 32.0 Å². The Morgan fingerprint density at radius 2 is 2.03 bits per heavy atom. The molecule has 2 aromatic rings. The van der Waals surface area contributed by atoms with Crippen LogP contribution in [0.25, 0.3) is 0 Å². The maximum Gasteiger partial charge on any atom is 0.256 e. The predicted octanol–water partition coefficient (Wildman–Crippen LogP) is 3.70. The first-order valence-electron chi connectivity index (χ1n) is 10.9. The van der Waals surface area contributed by atoms with Crippen LogP contribution in [0.4, 0.5) is 10.1 Å². The van der Waals surface area contributed by atoms with Crippen molar-refractivity contribution in [1.82, 2.24) is 9.80 Å². The van der Waals surface area contributed by atoms with E-state index in [1.165, 1.54) is 6.07 Å². The zero-order valence-electron chi connectivity index (χ0n) is 17.7. The zero-order chi connectivity index (χ0) is 21.4. The van der Waals surface area contributed by atoms with Gasteiger partial charge in [-0.05, 0) is 37.1 Å². The van der Waals surface area contributed by atoms with E-state index in [9.17, 15) is 9.18 Å². The molecule has 0 N–H and O–H groups in total. The van der Waals surface area contributed by atoms with Gasteiger partial charge in [-0.25, -0.2) is 4.39 Å². The lowest BCUT2D eigenvalue weighted by Gasteiger charge is -2.44. The number of fused-ring (bicyclic) bond motifs is 1. The Balaban J connectivity index is 1.31. The molecule has 1 saturated heterocycles. The molecule has 5 nitrogen and oxygen atoms in total. The van der Waals surface area contributed by atoms with E-state index in [1.54, 1.807) is 17.0 Å². The molecule has 2 heterocycles. The summed E-state index contributed by atoms with van der Waals surface area (Å²) in [5, 5.41) is 0. The minimum atomic E-state index is -0.456. The van der Waals surface area contributed by atoms with E-state index in [1.807, 2.05) is 24.4 Å². The largest absolute Gasteiger partial charge is 0.347 e. The molecular formula is C25H27FN4O. The summed E-state index contributed by atoms with van der Waals surface area (Å²) >= 11 is 0. The third-order valence-corrected chi connectivity index (χ3v) is 6.52. The maximum atomic E-state index is 14.7. The molecule has 1 fully saturated rings. The Hall–Kier alpha value is -2.99. The van der Waals surface area contributed by atoms with E-state index in [0.717, 1.165) is 29.8 Å². The molecule has 31 heavy (non-hydrogen) atoms. The Labute approximate surface area is 182 Å². The van der Waals surface area contributed by atoms with Crippen molar-refractivity contribution in [3.05, 3.63) is 77.1 Å². The van der Waals surface area contributed by atoms with Crippen LogP contribution in [0.15, 0.2) is 59.6 Å². The number of anilines is 1. The SMILES string of the molecule is C[C@@H]1CN(C(=O)c2cc(CN3CN=Cc4ccccc43)ccc2F)CCN1C1C=CC1. The number of amides is 1. The van der Waals surface area contributed by atoms with Gasteiger partial charge in [0.1, 0.15) is 12.5 Å². The van der Waals surface area contributed by atoms with Crippen LogP contribution in [-0.2, 0) is 6.54 Å². The first-order valence-corrected chi connectivity index (χ1v) is 10.9. The van der Waals surface area contributed by atoms with Gasteiger partial charge in [0.05, 0.1) is 5.56 Å². The summed E-state index contributed by atoms with van der Waals surface area (Å²) in [6.07, 6.45) is 7.37. The van der Waals surface area contributed by atoms with Crippen LogP contribution in [0.2, 0.25) is 0 Å². The molecule has 3 aliphatic rings. The van der Waals surface area contributed by atoms with Gasteiger partial charge in [0, 0.05) is 55.7 Å². The lowest BCUT2D eigenvalue weighted by Crippen LogP contribution is -2.57. The van der Waals surface area contributed by atoms with E-state index < -0.39 is 5.82 Å². The van der Waals surface area contributed by atoms with Crippen molar-refractivity contribution in [2.75, 3.05) is 31.2 Å². The van der Waals surface area contributed by atoms with Crippen LogP contribution in [0.5, 0.6) is 0 Å². The van der Waals surface area contributed by atoms with Crippen LogP contribution < -0.4 is 4.90 Å². The van der Waals surface area contributed by atoms with Crippen molar-refractivity contribution >= 4 is 17.8 Å². The lowest BCUT2D eigenvalue weighted by molar-refractivity contribution is 0.0420. The summed E-state index contributed by atoms with van der Waals surface area (Å²) in [7, 11) is 0. The highest BCUT2D eigenvalue weighted by atomic mass is 19.1. The first kappa shape index (κ1) is 19.9. The number of aliphatic imine (C=N–C) groups is 1. The predicted molar refractivity (Wildman–Crippen MR) is 121 cm³/mol. The number of hydrogen-bond donors (Lipinski definition) is 0. The molecule has 6 heteroatoms. The summed E-state index contributed by atoms with van der Waals surface area (Å²) in [6, 6.07) is 13.7. The Morgan fingerprint density at radius 1 is 1.19 bits per heavy atom. The number of benzene rings is 2. The third kappa shape index (κ3) is 3.88. The number of hydrogen-bond acceptors (Lipinski definition) is 4. The fourth-order valence-corrected chi connectivity index (χ4v) is 4.71. The standard InChI is InChI=1S/C25H27FN4O/c1-18-15-28(11-12-30(18)21-6-4-7-21)25(31)22-13-19(9-10-23(22)26)16-29-17-27-14-20-5-2-3-8-24(20)29/h2-6,8-10,13-14,18,21H,7,11-12,15-17H2,1H3/t18-,21?/m1/s1. The average molecular weight is 419 g/mol. The molecule has 0 aromatic heterocycles. The molecule has 2 atom stereocenters. The normalized spacial score (nSPS) is 22.9. The van der Waals surface area contributed by atoms with E-state index in [2.05, 4.69) is 39.9 Å². The van der Waals surface area contributed by atoms with Crippen LogP contribution in [0.3, 0.4) is 0 Å². The third-order valence-electron chi connectivity index (χ3n) is 6.52. The number of halogens is 1.